The fourth-order valence-electron chi connectivity index (χ4n) is 5.63. The lowest BCUT2D eigenvalue weighted by Crippen LogP contribution is -2.45. The van der Waals surface area contributed by atoms with Crippen molar-refractivity contribution in [2.75, 3.05) is 46.9 Å². The summed E-state index contributed by atoms with van der Waals surface area (Å²) >= 11 is 12.4. The molecule has 3 amide bonds. The molecule has 0 radical (unpaired) electrons. The van der Waals surface area contributed by atoms with Gasteiger partial charge >= 0.3 is 12.3 Å². The molecule has 2 aromatic carbocycles. The van der Waals surface area contributed by atoms with Crippen molar-refractivity contribution in [2.45, 2.75) is 37.9 Å². The summed E-state index contributed by atoms with van der Waals surface area (Å²) in [5.41, 5.74) is -0.468. The predicted octanol–water partition coefficient (Wildman–Crippen LogP) is 5.96. The Labute approximate surface area is 252 Å². The van der Waals surface area contributed by atoms with Gasteiger partial charge in [-0.3, -0.25) is 9.59 Å². The quantitative estimate of drug-likeness (QED) is 0.394. The van der Waals surface area contributed by atoms with E-state index in [0.717, 1.165) is 24.8 Å². The van der Waals surface area contributed by atoms with Crippen molar-refractivity contribution < 1.29 is 37.0 Å². The van der Waals surface area contributed by atoms with Gasteiger partial charge in [-0.15, -0.1) is 0 Å². The summed E-state index contributed by atoms with van der Waals surface area (Å²) in [5, 5.41) is 0.654. The second kappa shape index (κ2) is 13.0. The van der Waals surface area contributed by atoms with Crippen LogP contribution in [-0.2, 0) is 15.7 Å². The number of benzene rings is 2. The Hall–Kier alpha value is -3.18. The number of piperidine rings is 1. The Balaban J connectivity index is 1.58. The molecule has 42 heavy (non-hydrogen) atoms. The topological polar surface area (TPSA) is 79.4 Å². The first-order valence-electron chi connectivity index (χ1n) is 13.5. The van der Waals surface area contributed by atoms with Crippen LogP contribution in [-0.4, -0.2) is 85.6 Å². The van der Waals surface area contributed by atoms with E-state index in [0.29, 0.717) is 36.0 Å². The van der Waals surface area contributed by atoms with Gasteiger partial charge in [0.25, 0.3) is 5.91 Å². The molecular formula is C29H32Cl2F3N3O5. The summed E-state index contributed by atoms with van der Waals surface area (Å²) in [6.45, 7) is 3.22. The maximum absolute atomic E-state index is 13.7. The fraction of sp³-hybridized carbons (Fsp3) is 0.483. The molecule has 8 nitrogen and oxygen atoms in total. The fourth-order valence-corrected chi connectivity index (χ4v) is 5.93. The van der Waals surface area contributed by atoms with Gasteiger partial charge in [0.05, 0.1) is 35.4 Å². The standard InChI is InChI=1S/C29H32Cl2F3N3O5/c1-4-42-28(40)36-11-9-17(10-12-36)27(39)37-15-20(18-5-7-22(30)23(31)14-18)24(16-37)35(2)26(38)19-6-8-25(41-3)21(13-19)29(32,33)34/h5-8,13-14,17,20,24H,4,9-12,15-16H2,1-3H3/t20-,24?/m1/s1. The Bertz CT molecular complexity index is 1330. The molecule has 2 saturated heterocycles. The van der Waals surface area contributed by atoms with Gasteiger partial charge in [0.2, 0.25) is 5.91 Å². The molecule has 0 N–H and O–H groups in total. The number of carbonyl (C=O) groups excluding carboxylic acids is 3. The van der Waals surface area contributed by atoms with Crippen molar-refractivity contribution in [3.8, 4) is 5.75 Å². The zero-order valence-electron chi connectivity index (χ0n) is 23.4. The minimum Gasteiger partial charge on any atom is -0.496 e. The highest BCUT2D eigenvalue weighted by molar-refractivity contribution is 6.42. The minimum atomic E-state index is -4.72. The van der Waals surface area contributed by atoms with E-state index in [-0.39, 0.29) is 48.8 Å². The average molecular weight is 630 g/mol. The second-order valence-corrected chi connectivity index (χ2v) is 11.2. The van der Waals surface area contributed by atoms with E-state index >= 15 is 0 Å². The van der Waals surface area contributed by atoms with Crippen molar-refractivity contribution in [1.29, 1.82) is 0 Å². The van der Waals surface area contributed by atoms with Crippen molar-refractivity contribution in [1.82, 2.24) is 14.7 Å². The molecule has 2 fully saturated rings. The monoisotopic (exact) mass is 629 g/mol. The SMILES string of the molecule is CCOC(=O)N1CCC(C(=O)N2CC(N(C)C(=O)c3ccc(OC)c(C(F)(F)F)c3)[C@@H](c3ccc(Cl)c(Cl)c3)C2)CC1. The number of rotatable bonds is 6. The molecule has 1 unspecified atom stereocenters. The highest BCUT2D eigenvalue weighted by atomic mass is 35.5. The van der Waals surface area contributed by atoms with Crippen LogP contribution in [0.2, 0.25) is 10.0 Å². The number of halogens is 5. The van der Waals surface area contributed by atoms with E-state index in [9.17, 15) is 27.6 Å². The molecule has 0 aliphatic carbocycles. The van der Waals surface area contributed by atoms with Crippen LogP contribution in [0.25, 0.3) is 0 Å². The highest BCUT2D eigenvalue weighted by Gasteiger charge is 2.43. The van der Waals surface area contributed by atoms with E-state index in [1.54, 1.807) is 34.9 Å². The molecule has 2 aromatic rings. The predicted molar refractivity (Wildman–Crippen MR) is 151 cm³/mol. The molecule has 0 saturated carbocycles. The Morgan fingerprint density at radius 1 is 1.00 bits per heavy atom. The number of hydrogen-bond donors (Lipinski definition) is 0. The van der Waals surface area contributed by atoms with E-state index in [2.05, 4.69) is 0 Å². The van der Waals surface area contributed by atoms with E-state index in [4.69, 9.17) is 32.7 Å². The number of likely N-dealkylation sites (tertiary alicyclic amines) is 2. The maximum atomic E-state index is 13.7. The average Bonchev–Trinajstić information content (AvgIpc) is 3.42. The molecule has 0 aromatic heterocycles. The first-order valence-corrected chi connectivity index (χ1v) is 14.3. The van der Waals surface area contributed by atoms with Gasteiger partial charge in [0.15, 0.2) is 0 Å². The van der Waals surface area contributed by atoms with Gasteiger partial charge in [-0.1, -0.05) is 29.3 Å². The Kier molecular flexibility index (Phi) is 9.82. The number of ether oxygens (including phenoxy) is 2. The summed E-state index contributed by atoms with van der Waals surface area (Å²) in [7, 11) is 2.64. The number of nitrogens with zero attached hydrogens (tertiary/aromatic N) is 3. The molecule has 228 valence electrons. The molecule has 2 heterocycles. The Morgan fingerprint density at radius 3 is 2.29 bits per heavy atom. The molecule has 0 spiro atoms. The summed E-state index contributed by atoms with van der Waals surface area (Å²) < 4.78 is 50.9. The van der Waals surface area contributed by atoms with Gasteiger partial charge in [-0.2, -0.15) is 13.2 Å². The molecule has 2 aliphatic rings. The third kappa shape index (κ3) is 6.72. The van der Waals surface area contributed by atoms with Crippen LogP contribution in [0.5, 0.6) is 5.75 Å². The lowest BCUT2D eigenvalue weighted by atomic mass is 9.93. The van der Waals surface area contributed by atoms with Crippen LogP contribution >= 0.6 is 23.2 Å². The molecule has 0 bridgehead atoms. The van der Waals surface area contributed by atoms with E-state index in [1.807, 2.05) is 0 Å². The summed E-state index contributed by atoms with van der Waals surface area (Å²) in [4.78, 5) is 43.9. The van der Waals surface area contributed by atoms with Crippen LogP contribution in [0.4, 0.5) is 18.0 Å². The first-order chi connectivity index (χ1) is 19.8. The lowest BCUT2D eigenvalue weighted by molar-refractivity contribution is -0.139. The van der Waals surface area contributed by atoms with Crippen molar-refractivity contribution >= 4 is 41.1 Å². The number of carbonyl (C=O) groups is 3. The number of hydrogen-bond acceptors (Lipinski definition) is 5. The molecule has 2 atom stereocenters. The maximum Gasteiger partial charge on any atom is 0.419 e. The number of methoxy groups -OCH3 is 1. The van der Waals surface area contributed by atoms with E-state index < -0.39 is 29.8 Å². The zero-order chi connectivity index (χ0) is 30.8. The van der Waals surface area contributed by atoms with Crippen LogP contribution in [0.15, 0.2) is 36.4 Å². The van der Waals surface area contributed by atoms with Gasteiger partial charge in [-0.25, -0.2) is 4.79 Å². The number of likely N-dealkylation sites (N-methyl/N-ethyl adjacent to an activating group) is 1. The van der Waals surface area contributed by atoms with Crippen LogP contribution < -0.4 is 4.74 Å². The second-order valence-electron chi connectivity index (χ2n) is 10.4. The molecule has 2 aliphatic heterocycles. The number of alkyl halides is 3. The normalized spacial score (nSPS) is 19.5. The summed E-state index contributed by atoms with van der Waals surface area (Å²) in [6.07, 6.45) is -4.19. The van der Waals surface area contributed by atoms with Crippen LogP contribution in [0.3, 0.4) is 0 Å². The zero-order valence-corrected chi connectivity index (χ0v) is 24.9. The molecule has 13 heteroatoms. The van der Waals surface area contributed by atoms with Gasteiger partial charge in [0.1, 0.15) is 5.75 Å². The first kappa shape index (κ1) is 31.7. The highest BCUT2D eigenvalue weighted by Crippen LogP contribution is 2.39. The minimum absolute atomic E-state index is 0.101. The largest absolute Gasteiger partial charge is 0.496 e. The van der Waals surface area contributed by atoms with E-state index in [1.165, 1.54) is 18.0 Å². The molecule has 4 rings (SSSR count). The lowest BCUT2D eigenvalue weighted by Gasteiger charge is -2.32. The van der Waals surface area contributed by atoms with Crippen molar-refractivity contribution in [3.63, 3.8) is 0 Å². The summed E-state index contributed by atoms with van der Waals surface area (Å²) in [5.74, 6) is -1.81. The number of amides is 3. The third-order valence-electron chi connectivity index (χ3n) is 7.91. The third-order valence-corrected chi connectivity index (χ3v) is 8.65. The summed E-state index contributed by atoms with van der Waals surface area (Å²) in [6, 6.07) is 7.71. The van der Waals surface area contributed by atoms with Crippen LogP contribution in [0.1, 0.15) is 47.2 Å². The van der Waals surface area contributed by atoms with Crippen molar-refractivity contribution in [2.24, 2.45) is 5.92 Å². The Morgan fingerprint density at radius 2 is 1.69 bits per heavy atom. The van der Waals surface area contributed by atoms with Gasteiger partial charge in [0, 0.05) is 50.6 Å². The van der Waals surface area contributed by atoms with Crippen LogP contribution in [0, 0.1) is 5.92 Å². The smallest absolute Gasteiger partial charge is 0.419 e. The van der Waals surface area contributed by atoms with Crippen molar-refractivity contribution in [3.05, 3.63) is 63.1 Å². The van der Waals surface area contributed by atoms with Gasteiger partial charge < -0.3 is 24.2 Å². The molecular weight excluding hydrogens is 598 g/mol. The van der Waals surface area contributed by atoms with Gasteiger partial charge in [-0.05, 0) is 55.7 Å².